The fourth-order valence-electron chi connectivity index (χ4n) is 5.77. The van der Waals surface area contributed by atoms with Crippen LogP contribution in [-0.4, -0.2) is 42.8 Å². The lowest BCUT2D eigenvalue weighted by atomic mass is 9.87. The first-order valence-corrected chi connectivity index (χ1v) is 12.5. The van der Waals surface area contributed by atoms with Crippen LogP contribution in [0.25, 0.3) is 0 Å². The molecule has 0 atom stereocenters. The number of nitrogens with zero attached hydrogens (tertiary/aromatic N) is 2. The van der Waals surface area contributed by atoms with Gasteiger partial charge in [-0.2, -0.15) is 0 Å². The molecule has 0 saturated carbocycles. The van der Waals surface area contributed by atoms with Gasteiger partial charge in [0.2, 0.25) is 5.91 Å². The number of amides is 1. The van der Waals surface area contributed by atoms with Crippen LogP contribution >= 0.6 is 12.4 Å². The lowest BCUT2D eigenvalue weighted by Gasteiger charge is -2.35. The zero-order chi connectivity index (χ0) is 22.8. The van der Waals surface area contributed by atoms with Gasteiger partial charge in [0.15, 0.2) is 5.78 Å². The number of piperidine rings is 1. The van der Waals surface area contributed by atoms with Gasteiger partial charge in [0.05, 0.1) is 5.69 Å². The predicted octanol–water partition coefficient (Wildman–Crippen LogP) is 5.39. The quantitative estimate of drug-likeness (QED) is 0.495. The van der Waals surface area contributed by atoms with Gasteiger partial charge in [0.1, 0.15) is 5.82 Å². The number of benzene rings is 2. The summed E-state index contributed by atoms with van der Waals surface area (Å²) in [5.41, 5.74) is 5.36. The maximum absolute atomic E-state index is 13.4. The summed E-state index contributed by atoms with van der Waals surface area (Å²) in [6, 6.07) is 11.0. The molecule has 0 aliphatic carbocycles. The predicted molar refractivity (Wildman–Crippen MR) is 136 cm³/mol. The summed E-state index contributed by atoms with van der Waals surface area (Å²) in [5.74, 6) is 0.912. The second-order valence-corrected chi connectivity index (χ2v) is 9.92. The van der Waals surface area contributed by atoms with Gasteiger partial charge in [-0.05, 0) is 105 Å². The second kappa shape index (κ2) is 11.0. The van der Waals surface area contributed by atoms with Crippen LogP contribution in [0.2, 0.25) is 0 Å². The summed E-state index contributed by atoms with van der Waals surface area (Å²) in [7, 11) is 0. The number of hydrogen-bond donors (Lipinski definition) is 0. The largest absolute Gasteiger partial charge is 0.312 e. The van der Waals surface area contributed by atoms with Gasteiger partial charge in [0, 0.05) is 31.5 Å². The summed E-state index contributed by atoms with van der Waals surface area (Å²) in [5, 5.41) is 0. The van der Waals surface area contributed by atoms with Crippen molar-refractivity contribution in [2.45, 2.75) is 57.8 Å². The Balaban J connectivity index is 0.00000274. The highest BCUT2D eigenvalue weighted by molar-refractivity contribution is 6.01. The first-order valence-electron chi connectivity index (χ1n) is 12.5. The van der Waals surface area contributed by atoms with Gasteiger partial charge in [-0.15, -0.1) is 12.4 Å². The highest BCUT2D eigenvalue weighted by Crippen LogP contribution is 2.37. The standard InChI is InChI=1S/C28H33FN2O2.ClH/c29-25-5-1-3-21(17-25)12-16-30-14-10-20(11-15-30)6-8-26(32)24-18-22-4-2-13-31-27(33)9-7-23(19-24)28(22)31;/h1,3,5,17-20H,2,4,6-16H2;1H. The van der Waals surface area contributed by atoms with E-state index in [4.69, 9.17) is 0 Å². The molecule has 6 heteroatoms. The van der Waals surface area contributed by atoms with Crippen molar-refractivity contribution in [3.63, 3.8) is 0 Å². The highest BCUT2D eigenvalue weighted by atomic mass is 35.5. The summed E-state index contributed by atoms with van der Waals surface area (Å²) in [6.45, 7) is 3.89. The number of hydrogen-bond acceptors (Lipinski definition) is 3. The Morgan fingerprint density at radius 3 is 2.53 bits per heavy atom. The smallest absolute Gasteiger partial charge is 0.227 e. The summed E-state index contributed by atoms with van der Waals surface area (Å²) in [6.07, 6.45) is 7.95. The van der Waals surface area contributed by atoms with E-state index in [1.807, 2.05) is 11.0 Å². The maximum atomic E-state index is 13.4. The van der Waals surface area contributed by atoms with E-state index in [9.17, 15) is 14.0 Å². The Kier molecular flexibility index (Phi) is 8.05. The van der Waals surface area contributed by atoms with E-state index in [0.717, 1.165) is 87.9 Å². The van der Waals surface area contributed by atoms with Gasteiger partial charge in [-0.25, -0.2) is 4.39 Å². The molecule has 0 bridgehead atoms. The Morgan fingerprint density at radius 1 is 1.00 bits per heavy atom. The van der Waals surface area contributed by atoms with Crippen molar-refractivity contribution in [3.05, 3.63) is 64.5 Å². The molecule has 0 unspecified atom stereocenters. The minimum absolute atomic E-state index is 0. The lowest BCUT2D eigenvalue weighted by Crippen LogP contribution is -2.39. The van der Waals surface area contributed by atoms with Crippen LogP contribution in [0.3, 0.4) is 0 Å². The minimum atomic E-state index is -0.162. The average Bonchev–Trinajstić information content (AvgIpc) is 2.84. The number of carbonyl (C=O) groups excluding carboxylic acids is 2. The number of Topliss-reactive ketones (excluding diaryl/α,β-unsaturated/α-hetero) is 1. The zero-order valence-corrected chi connectivity index (χ0v) is 20.5. The second-order valence-electron chi connectivity index (χ2n) is 9.92. The highest BCUT2D eigenvalue weighted by Gasteiger charge is 2.30. The van der Waals surface area contributed by atoms with Crippen molar-refractivity contribution in [3.8, 4) is 0 Å². The molecule has 2 aromatic rings. The molecule has 1 fully saturated rings. The number of anilines is 1. The number of likely N-dealkylation sites (tertiary alicyclic amines) is 1. The molecule has 1 saturated heterocycles. The molecule has 3 aliphatic heterocycles. The van der Waals surface area contributed by atoms with E-state index in [-0.39, 0.29) is 29.9 Å². The fourth-order valence-corrected chi connectivity index (χ4v) is 5.77. The van der Waals surface area contributed by atoms with E-state index in [2.05, 4.69) is 17.0 Å². The van der Waals surface area contributed by atoms with Crippen LogP contribution in [0, 0.1) is 11.7 Å². The molecule has 0 N–H and O–H groups in total. The van der Waals surface area contributed by atoms with E-state index in [0.29, 0.717) is 18.8 Å². The molecule has 1 amide bonds. The van der Waals surface area contributed by atoms with Gasteiger partial charge < -0.3 is 9.80 Å². The molecule has 3 heterocycles. The normalized spacial score (nSPS) is 18.4. The Morgan fingerprint density at radius 2 is 1.76 bits per heavy atom. The average molecular weight is 485 g/mol. The monoisotopic (exact) mass is 484 g/mol. The lowest BCUT2D eigenvalue weighted by molar-refractivity contribution is -0.119. The molecule has 0 spiro atoms. The van der Waals surface area contributed by atoms with Crippen LogP contribution in [-0.2, 0) is 24.1 Å². The summed E-state index contributed by atoms with van der Waals surface area (Å²) in [4.78, 5) is 29.7. The molecule has 0 aromatic heterocycles. The molecular formula is C28H34ClFN2O2. The van der Waals surface area contributed by atoms with Crippen molar-refractivity contribution in [1.29, 1.82) is 0 Å². The van der Waals surface area contributed by atoms with Gasteiger partial charge in [-0.3, -0.25) is 9.59 Å². The van der Waals surface area contributed by atoms with Gasteiger partial charge in [-0.1, -0.05) is 12.1 Å². The van der Waals surface area contributed by atoms with Crippen LogP contribution in [0.1, 0.15) is 65.6 Å². The van der Waals surface area contributed by atoms with Crippen molar-refractivity contribution < 1.29 is 14.0 Å². The number of rotatable bonds is 7. The van der Waals surface area contributed by atoms with Crippen LogP contribution in [0.5, 0.6) is 0 Å². The first-order chi connectivity index (χ1) is 16.1. The SMILES string of the molecule is Cl.O=C(CCC1CCN(CCc2cccc(F)c2)CC1)c1cc2c3c(c1)CCC(=O)N3CCC2. The van der Waals surface area contributed by atoms with Crippen molar-refractivity contribution in [2.24, 2.45) is 5.92 Å². The molecule has 2 aromatic carbocycles. The number of halogens is 2. The molecule has 0 radical (unpaired) electrons. The molecule has 182 valence electrons. The molecule has 34 heavy (non-hydrogen) atoms. The first kappa shape index (κ1) is 24.9. The van der Waals surface area contributed by atoms with Gasteiger partial charge in [0.25, 0.3) is 0 Å². The number of carbonyl (C=O) groups is 2. The third-order valence-electron chi connectivity index (χ3n) is 7.69. The minimum Gasteiger partial charge on any atom is -0.312 e. The number of ketones is 1. The Bertz CT molecular complexity index is 1030. The fraction of sp³-hybridized carbons (Fsp3) is 0.500. The molecule has 4 nitrogen and oxygen atoms in total. The van der Waals surface area contributed by atoms with Gasteiger partial charge >= 0.3 is 0 Å². The summed E-state index contributed by atoms with van der Waals surface area (Å²) >= 11 is 0. The molecular weight excluding hydrogens is 451 g/mol. The Labute approximate surface area is 207 Å². The maximum Gasteiger partial charge on any atom is 0.227 e. The van der Waals surface area contributed by atoms with Crippen molar-refractivity contribution in [1.82, 2.24) is 4.90 Å². The topological polar surface area (TPSA) is 40.6 Å². The van der Waals surface area contributed by atoms with E-state index in [1.54, 1.807) is 12.1 Å². The molecule has 3 aliphatic rings. The van der Waals surface area contributed by atoms with E-state index >= 15 is 0 Å². The third-order valence-corrected chi connectivity index (χ3v) is 7.69. The van der Waals surface area contributed by atoms with Crippen LogP contribution in [0.15, 0.2) is 36.4 Å². The third kappa shape index (κ3) is 5.52. The van der Waals surface area contributed by atoms with Crippen LogP contribution < -0.4 is 4.90 Å². The van der Waals surface area contributed by atoms with E-state index in [1.165, 1.54) is 17.2 Å². The summed E-state index contributed by atoms with van der Waals surface area (Å²) < 4.78 is 13.4. The Hall–Kier alpha value is -2.24. The molecule has 5 rings (SSSR count). The number of aryl methyl sites for hydroxylation is 2. The zero-order valence-electron chi connectivity index (χ0n) is 19.7. The van der Waals surface area contributed by atoms with Crippen LogP contribution in [0.4, 0.5) is 10.1 Å². The van der Waals surface area contributed by atoms with E-state index < -0.39 is 0 Å². The van der Waals surface area contributed by atoms with Crippen molar-refractivity contribution in [2.75, 3.05) is 31.1 Å². The van der Waals surface area contributed by atoms with Crippen molar-refractivity contribution >= 4 is 29.8 Å².